The lowest BCUT2D eigenvalue weighted by Crippen LogP contribution is -2.23. The molecule has 1 aliphatic heterocycles. The maximum absolute atomic E-state index is 12.8. The van der Waals surface area contributed by atoms with E-state index in [0.717, 1.165) is 18.4 Å². The van der Waals surface area contributed by atoms with Crippen LogP contribution in [-0.4, -0.2) is 22.3 Å². The molecule has 0 aliphatic carbocycles. The summed E-state index contributed by atoms with van der Waals surface area (Å²) < 4.78 is 12.3. The van der Waals surface area contributed by atoms with Gasteiger partial charge in [-0.15, -0.1) is 11.3 Å². The molecule has 0 saturated heterocycles. The highest BCUT2D eigenvalue weighted by molar-refractivity contribution is 7.20. The van der Waals surface area contributed by atoms with Gasteiger partial charge in [0.1, 0.15) is 4.83 Å². The molecule has 2 aromatic heterocycles. The van der Waals surface area contributed by atoms with Gasteiger partial charge in [-0.3, -0.25) is 14.2 Å². The van der Waals surface area contributed by atoms with Crippen LogP contribution in [0.5, 0.6) is 11.5 Å². The normalized spacial score (nSPS) is 12.5. The Morgan fingerprint density at radius 1 is 1.32 bits per heavy atom. The molecule has 0 radical (unpaired) electrons. The number of hydrogen-bond donors (Lipinski definition) is 1. The summed E-state index contributed by atoms with van der Waals surface area (Å²) in [5, 5.41) is 3.45. The van der Waals surface area contributed by atoms with E-state index in [-0.39, 0.29) is 18.3 Å². The average molecular weight is 399 g/mol. The number of unbranched alkanes of at least 4 members (excludes halogenated alkanes) is 1. The fraction of sp³-hybridized carbons (Fsp3) is 0.350. The fourth-order valence-corrected chi connectivity index (χ4v) is 4.23. The van der Waals surface area contributed by atoms with Crippen LogP contribution in [0.3, 0.4) is 0 Å². The van der Waals surface area contributed by atoms with E-state index in [9.17, 15) is 9.59 Å². The Morgan fingerprint density at radius 3 is 2.96 bits per heavy atom. The number of amides is 1. The van der Waals surface area contributed by atoms with Gasteiger partial charge in [0.2, 0.25) is 6.79 Å². The van der Waals surface area contributed by atoms with Gasteiger partial charge >= 0.3 is 0 Å². The third-order valence-corrected chi connectivity index (χ3v) is 5.96. The number of carbonyl (C=O) groups is 1. The van der Waals surface area contributed by atoms with Crippen LogP contribution in [0.2, 0.25) is 0 Å². The van der Waals surface area contributed by atoms with Crippen LogP contribution in [0.1, 0.15) is 40.6 Å². The van der Waals surface area contributed by atoms with Crippen LogP contribution in [0.4, 0.5) is 0 Å². The van der Waals surface area contributed by atoms with Crippen molar-refractivity contribution in [3.05, 3.63) is 50.9 Å². The molecule has 4 rings (SSSR count). The van der Waals surface area contributed by atoms with Crippen molar-refractivity contribution in [2.45, 2.75) is 39.8 Å². The number of benzene rings is 1. The van der Waals surface area contributed by atoms with Gasteiger partial charge < -0.3 is 14.8 Å². The van der Waals surface area contributed by atoms with Crippen molar-refractivity contribution in [3.8, 4) is 11.5 Å². The molecule has 1 aliphatic rings. The zero-order valence-corrected chi connectivity index (χ0v) is 16.6. The zero-order chi connectivity index (χ0) is 19.7. The molecule has 1 N–H and O–H groups in total. The third kappa shape index (κ3) is 3.35. The Bertz CT molecular complexity index is 1100. The van der Waals surface area contributed by atoms with Crippen molar-refractivity contribution in [2.75, 3.05) is 6.79 Å². The molecule has 0 atom stereocenters. The number of fused-ring (bicyclic) bond motifs is 2. The molecule has 3 heterocycles. The van der Waals surface area contributed by atoms with Gasteiger partial charge in [-0.25, -0.2) is 4.98 Å². The number of rotatable bonds is 6. The van der Waals surface area contributed by atoms with E-state index >= 15 is 0 Å². The molecule has 3 aromatic rings. The monoisotopic (exact) mass is 399 g/mol. The van der Waals surface area contributed by atoms with Crippen LogP contribution < -0.4 is 20.3 Å². The number of aryl methyl sites for hydroxylation is 2. The van der Waals surface area contributed by atoms with Crippen molar-refractivity contribution < 1.29 is 14.3 Å². The molecule has 0 saturated carbocycles. The molecule has 1 amide bonds. The van der Waals surface area contributed by atoms with Gasteiger partial charge in [-0.05, 0) is 36.6 Å². The van der Waals surface area contributed by atoms with Crippen molar-refractivity contribution in [1.29, 1.82) is 0 Å². The highest BCUT2D eigenvalue weighted by Gasteiger charge is 2.20. The van der Waals surface area contributed by atoms with Gasteiger partial charge in [-0.1, -0.05) is 19.4 Å². The standard InChI is InChI=1S/C20H21N3O4S/c1-3-4-7-23-10-22-19-16(20(23)25)12(2)17(28-19)18(24)21-9-13-5-6-14-15(8-13)27-11-26-14/h5-6,8,10H,3-4,7,9,11H2,1-2H3,(H,21,24). The Labute approximate surface area is 165 Å². The molecule has 28 heavy (non-hydrogen) atoms. The summed E-state index contributed by atoms with van der Waals surface area (Å²) in [6.07, 6.45) is 3.49. The Kier molecular flexibility index (Phi) is 5.04. The molecule has 146 valence electrons. The summed E-state index contributed by atoms with van der Waals surface area (Å²) in [7, 11) is 0. The lowest BCUT2D eigenvalue weighted by Gasteiger charge is -2.06. The van der Waals surface area contributed by atoms with Gasteiger partial charge in [0, 0.05) is 13.1 Å². The van der Waals surface area contributed by atoms with Crippen LogP contribution in [-0.2, 0) is 13.1 Å². The Morgan fingerprint density at radius 2 is 2.14 bits per heavy atom. The minimum atomic E-state index is -0.210. The van der Waals surface area contributed by atoms with Crippen LogP contribution in [0, 0.1) is 6.92 Å². The zero-order valence-electron chi connectivity index (χ0n) is 15.8. The summed E-state index contributed by atoms with van der Waals surface area (Å²) in [6, 6.07) is 5.57. The van der Waals surface area contributed by atoms with Crippen LogP contribution in [0.25, 0.3) is 10.2 Å². The van der Waals surface area contributed by atoms with E-state index in [0.29, 0.717) is 45.2 Å². The topological polar surface area (TPSA) is 82.5 Å². The average Bonchev–Trinajstić information content (AvgIpc) is 3.30. The maximum atomic E-state index is 12.8. The van der Waals surface area contributed by atoms with Crippen molar-refractivity contribution >= 4 is 27.5 Å². The molecule has 0 unspecified atom stereocenters. The number of hydrogen-bond acceptors (Lipinski definition) is 6. The van der Waals surface area contributed by atoms with E-state index in [1.165, 1.54) is 11.3 Å². The summed E-state index contributed by atoms with van der Waals surface area (Å²) in [4.78, 5) is 31.0. The maximum Gasteiger partial charge on any atom is 0.262 e. The number of aromatic nitrogens is 2. The number of nitrogens with zero attached hydrogens (tertiary/aromatic N) is 2. The molecular weight excluding hydrogens is 378 g/mol. The lowest BCUT2D eigenvalue weighted by molar-refractivity contribution is 0.0954. The van der Waals surface area contributed by atoms with Gasteiger partial charge in [-0.2, -0.15) is 0 Å². The molecule has 0 fully saturated rings. The van der Waals surface area contributed by atoms with Gasteiger partial charge in [0.05, 0.1) is 16.6 Å². The highest BCUT2D eigenvalue weighted by atomic mass is 32.1. The summed E-state index contributed by atoms with van der Waals surface area (Å²) in [5.41, 5.74) is 1.52. The second kappa shape index (κ2) is 7.63. The molecule has 8 heteroatoms. The smallest absolute Gasteiger partial charge is 0.262 e. The third-order valence-electron chi connectivity index (χ3n) is 4.77. The Hall–Kier alpha value is -2.87. The van der Waals surface area contributed by atoms with E-state index in [4.69, 9.17) is 9.47 Å². The van der Waals surface area contributed by atoms with E-state index in [1.54, 1.807) is 10.9 Å². The lowest BCUT2D eigenvalue weighted by atomic mass is 10.2. The van der Waals surface area contributed by atoms with Gasteiger partial charge in [0.25, 0.3) is 11.5 Å². The fourth-order valence-electron chi connectivity index (χ4n) is 3.18. The Balaban J connectivity index is 1.55. The predicted molar refractivity (Wildman–Crippen MR) is 107 cm³/mol. The first-order chi connectivity index (χ1) is 13.6. The number of carbonyl (C=O) groups excluding carboxylic acids is 1. The molecular formula is C20H21N3O4S. The van der Waals surface area contributed by atoms with Crippen LogP contribution in [0.15, 0.2) is 29.3 Å². The van der Waals surface area contributed by atoms with Crippen molar-refractivity contribution in [2.24, 2.45) is 0 Å². The van der Waals surface area contributed by atoms with E-state index < -0.39 is 0 Å². The number of ether oxygens (including phenoxy) is 2. The summed E-state index contributed by atoms with van der Waals surface area (Å²) in [6.45, 7) is 5.10. The van der Waals surface area contributed by atoms with E-state index in [1.807, 2.05) is 25.1 Å². The minimum Gasteiger partial charge on any atom is -0.454 e. The first-order valence-corrected chi connectivity index (χ1v) is 10.1. The quantitative estimate of drug-likeness (QED) is 0.688. The molecule has 0 bridgehead atoms. The van der Waals surface area contributed by atoms with Crippen molar-refractivity contribution in [1.82, 2.24) is 14.9 Å². The molecule has 1 aromatic carbocycles. The number of nitrogens with one attached hydrogen (secondary N) is 1. The van der Waals surface area contributed by atoms with Crippen LogP contribution >= 0.6 is 11.3 Å². The van der Waals surface area contributed by atoms with Crippen molar-refractivity contribution in [3.63, 3.8) is 0 Å². The predicted octanol–water partition coefficient (Wildman–Crippen LogP) is 3.23. The number of thiophene rings is 1. The summed E-state index contributed by atoms with van der Waals surface area (Å²) >= 11 is 1.25. The largest absolute Gasteiger partial charge is 0.454 e. The first kappa shape index (κ1) is 18.5. The second-order valence-electron chi connectivity index (χ2n) is 6.70. The highest BCUT2D eigenvalue weighted by Crippen LogP contribution is 2.32. The van der Waals surface area contributed by atoms with Gasteiger partial charge in [0.15, 0.2) is 11.5 Å². The molecule has 7 nitrogen and oxygen atoms in total. The molecule has 0 spiro atoms. The minimum absolute atomic E-state index is 0.0815. The first-order valence-electron chi connectivity index (χ1n) is 9.23. The van der Waals surface area contributed by atoms with E-state index in [2.05, 4.69) is 17.2 Å². The SMILES string of the molecule is CCCCn1cnc2sc(C(=O)NCc3ccc4c(c3)OCO4)c(C)c2c1=O. The second-order valence-corrected chi connectivity index (χ2v) is 7.70. The summed E-state index contributed by atoms with van der Waals surface area (Å²) in [5.74, 6) is 1.18.